The second kappa shape index (κ2) is 8.51. The van der Waals surface area contributed by atoms with E-state index in [1.54, 1.807) is 6.07 Å². The molecule has 138 valence electrons. The van der Waals surface area contributed by atoms with Gasteiger partial charge in [0.25, 0.3) is 5.91 Å². The number of thioether (sulfide) groups is 1. The Bertz CT molecular complexity index is 828. The number of halogens is 3. The summed E-state index contributed by atoms with van der Waals surface area (Å²) >= 11 is 7.33. The van der Waals surface area contributed by atoms with Gasteiger partial charge in [0.05, 0.1) is 16.3 Å². The molecule has 0 bridgehead atoms. The summed E-state index contributed by atoms with van der Waals surface area (Å²) in [6.07, 6.45) is 0. The van der Waals surface area contributed by atoms with Crippen LogP contribution in [0.5, 0.6) is 0 Å². The van der Waals surface area contributed by atoms with Crippen molar-refractivity contribution in [3.63, 3.8) is 0 Å². The zero-order chi connectivity index (χ0) is 19.4. The molecule has 26 heavy (non-hydrogen) atoms. The van der Waals surface area contributed by atoms with Gasteiger partial charge in [-0.05, 0) is 36.1 Å². The van der Waals surface area contributed by atoms with E-state index in [0.717, 1.165) is 21.6 Å². The van der Waals surface area contributed by atoms with Crippen molar-refractivity contribution in [1.82, 2.24) is 4.90 Å². The highest BCUT2D eigenvalue weighted by atomic mass is 35.5. The molecule has 0 N–H and O–H groups in total. The summed E-state index contributed by atoms with van der Waals surface area (Å²) in [6.45, 7) is 1.94. The van der Waals surface area contributed by atoms with Crippen LogP contribution >= 0.6 is 23.4 Å². The predicted molar refractivity (Wildman–Crippen MR) is 100 cm³/mol. The molecule has 0 aliphatic carbocycles. The molecule has 0 saturated carbocycles. The van der Waals surface area contributed by atoms with Gasteiger partial charge in [0.2, 0.25) is 0 Å². The van der Waals surface area contributed by atoms with Gasteiger partial charge < -0.3 is 0 Å². The maximum Gasteiger partial charge on any atom is 0.331 e. The van der Waals surface area contributed by atoms with Crippen molar-refractivity contribution < 1.29 is 18.4 Å². The van der Waals surface area contributed by atoms with E-state index in [0.29, 0.717) is 4.90 Å². The number of nitrogens with zero attached hydrogens (tertiary/aromatic N) is 2. The Kier molecular flexibility index (Phi) is 6.61. The van der Waals surface area contributed by atoms with Crippen LogP contribution in [-0.2, 0) is 0 Å². The molecule has 4 nitrogen and oxygen atoms in total. The van der Waals surface area contributed by atoms with Crippen molar-refractivity contribution in [2.75, 3.05) is 24.7 Å². The summed E-state index contributed by atoms with van der Waals surface area (Å²) in [6, 6.07) is 7.43. The predicted octanol–water partition coefficient (Wildman–Crippen LogP) is 5.06. The van der Waals surface area contributed by atoms with Crippen molar-refractivity contribution >= 4 is 41.0 Å². The van der Waals surface area contributed by atoms with Crippen LogP contribution in [0.15, 0.2) is 41.3 Å². The molecule has 0 heterocycles. The van der Waals surface area contributed by atoms with Gasteiger partial charge in [-0.25, -0.2) is 13.6 Å². The molecule has 0 fully saturated rings. The van der Waals surface area contributed by atoms with Gasteiger partial charge in [-0.15, -0.1) is 11.8 Å². The molecule has 2 aromatic carbocycles. The smallest absolute Gasteiger partial charge is 0.294 e. The molecule has 0 unspecified atom stereocenters. The van der Waals surface area contributed by atoms with Crippen molar-refractivity contribution in [3.8, 4) is 0 Å². The van der Waals surface area contributed by atoms with Crippen molar-refractivity contribution in [1.29, 1.82) is 0 Å². The van der Waals surface area contributed by atoms with E-state index in [2.05, 4.69) is 0 Å². The fraction of sp³-hybridized carbons (Fsp3) is 0.222. The largest absolute Gasteiger partial charge is 0.331 e. The lowest BCUT2D eigenvalue weighted by Crippen LogP contribution is -2.43. The lowest BCUT2D eigenvalue weighted by Gasteiger charge is -2.24. The zero-order valence-corrected chi connectivity index (χ0v) is 16.0. The Hall–Kier alpha value is -2.12. The minimum atomic E-state index is -0.913. The Morgan fingerprint density at radius 3 is 2.38 bits per heavy atom. The fourth-order valence-corrected chi connectivity index (χ4v) is 3.23. The first-order valence-electron chi connectivity index (χ1n) is 7.70. The minimum absolute atomic E-state index is 0.00901. The summed E-state index contributed by atoms with van der Waals surface area (Å²) < 4.78 is 28.2. The van der Waals surface area contributed by atoms with E-state index in [1.165, 1.54) is 50.1 Å². The highest BCUT2D eigenvalue weighted by Crippen LogP contribution is 2.26. The molecule has 0 aromatic heterocycles. The number of amides is 3. The molecule has 0 aliphatic rings. The summed E-state index contributed by atoms with van der Waals surface area (Å²) in [5, 5.41) is -0.107. The summed E-state index contributed by atoms with van der Waals surface area (Å²) in [5.74, 6) is -1.56. The van der Waals surface area contributed by atoms with Crippen LogP contribution in [0.2, 0.25) is 5.02 Å². The average molecular weight is 399 g/mol. The fourth-order valence-electron chi connectivity index (χ4n) is 2.30. The monoisotopic (exact) mass is 398 g/mol. The number of rotatable bonds is 4. The van der Waals surface area contributed by atoms with Crippen molar-refractivity contribution in [2.24, 2.45) is 0 Å². The maximum atomic E-state index is 14.3. The molecule has 8 heteroatoms. The topological polar surface area (TPSA) is 40.6 Å². The molecule has 0 radical (unpaired) electrons. The number of hydrogen-bond acceptors (Lipinski definition) is 3. The molecule has 0 aliphatic heterocycles. The molecule has 0 atom stereocenters. The van der Waals surface area contributed by atoms with E-state index in [4.69, 9.17) is 11.6 Å². The lowest BCUT2D eigenvalue weighted by molar-refractivity contribution is 0.0832. The van der Waals surface area contributed by atoms with Crippen LogP contribution in [0.3, 0.4) is 0 Å². The highest BCUT2D eigenvalue weighted by molar-refractivity contribution is 7.99. The number of benzene rings is 2. The molecular formula is C18H17ClF2N2O2S. The van der Waals surface area contributed by atoms with Crippen molar-refractivity contribution in [3.05, 3.63) is 58.6 Å². The molecule has 2 rings (SSSR count). The van der Waals surface area contributed by atoms with Crippen LogP contribution in [0.25, 0.3) is 0 Å². The normalized spacial score (nSPS) is 10.5. The van der Waals surface area contributed by atoms with Crippen molar-refractivity contribution in [2.45, 2.75) is 11.8 Å². The van der Waals surface area contributed by atoms with Crippen LogP contribution in [0, 0.1) is 11.6 Å². The Labute approximate surface area is 159 Å². The quantitative estimate of drug-likeness (QED) is 0.676. The molecule has 0 saturated heterocycles. The van der Waals surface area contributed by atoms with E-state index in [-0.39, 0.29) is 10.7 Å². The van der Waals surface area contributed by atoms with Crippen LogP contribution in [0.4, 0.5) is 19.3 Å². The standard InChI is InChI=1S/C18H17ClF2N2O2S/c1-4-26-11-8-9-15(14(21)10-11)22(2)18(25)23(3)17(24)16-12(19)6-5-7-13(16)20/h5-10H,4H2,1-3H3. The second-order valence-corrected chi connectivity index (χ2v) is 7.09. The first kappa shape index (κ1) is 20.2. The Balaban J connectivity index is 2.26. The Morgan fingerprint density at radius 1 is 1.12 bits per heavy atom. The minimum Gasteiger partial charge on any atom is -0.294 e. The van der Waals surface area contributed by atoms with E-state index in [1.807, 2.05) is 6.92 Å². The van der Waals surface area contributed by atoms with Gasteiger partial charge >= 0.3 is 6.03 Å². The summed E-state index contributed by atoms with van der Waals surface area (Å²) in [7, 11) is 2.52. The average Bonchev–Trinajstić information content (AvgIpc) is 2.60. The molecule has 3 amide bonds. The summed E-state index contributed by atoms with van der Waals surface area (Å²) in [5.41, 5.74) is -0.400. The lowest BCUT2D eigenvalue weighted by atomic mass is 10.2. The maximum absolute atomic E-state index is 14.3. The van der Waals surface area contributed by atoms with Crippen LogP contribution < -0.4 is 4.90 Å². The van der Waals surface area contributed by atoms with Gasteiger partial charge in [-0.2, -0.15) is 0 Å². The SMILES string of the molecule is CCSc1ccc(N(C)C(=O)N(C)C(=O)c2c(F)cccc2Cl)c(F)c1. The van der Waals surface area contributed by atoms with E-state index >= 15 is 0 Å². The third-order valence-corrected chi connectivity index (χ3v) is 4.84. The number of imide groups is 1. The van der Waals surface area contributed by atoms with Gasteiger partial charge in [-0.1, -0.05) is 24.6 Å². The van der Waals surface area contributed by atoms with Crippen LogP contribution in [-0.4, -0.2) is 36.7 Å². The number of anilines is 1. The van der Waals surface area contributed by atoms with Crippen LogP contribution in [0.1, 0.15) is 17.3 Å². The first-order valence-corrected chi connectivity index (χ1v) is 9.06. The molecule has 2 aromatic rings. The third kappa shape index (κ3) is 4.16. The van der Waals surface area contributed by atoms with Gasteiger partial charge in [0.1, 0.15) is 11.6 Å². The number of urea groups is 1. The first-order chi connectivity index (χ1) is 12.3. The molecule has 0 spiro atoms. The number of carbonyl (C=O) groups is 2. The van der Waals surface area contributed by atoms with E-state index < -0.39 is 29.1 Å². The van der Waals surface area contributed by atoms with E-state index in [9.17, 15) is 18.4 Å². The molecular weight excluding hydrogens is 382 g/mol. The van der Waals surface area contributed by atoms with Gasteiger partial charge in [-0.3, -0.25) is 14.6 Å². The van der Waals surface area contributed by atoms with Gasteiger partial charge in [0.15, 0.2) is 0 Å². The number of carbonyl (C=O) groups excluding carboxylic acids is 2. The zero-order valence-electron chi connectivity index (χ0n) is 14.4. The Morgan fingerprint density at radius 2 is 1.81 bits per heavy atom. The van der Waals surface area contributed by atoms with Gasteiger partial charge in [0, 0.05) is 19.0 Å². The summed E-state index contributed by atoms with van der Waals surface area (Å²) in [4.78, 5) is 27.4. The number of hydrogen-bond donors (Lipinski definition) is 0. The third-order valence-electron chi connectivity index (χ3n) is 3.65. The second-order valence-electron chi connectivity index (χ2n) is 5.35. The highest BCUT2D eigenvalue weighted by Gasteiger charge is 2.27.